The van der Waals surface area contributed by atoms with Crippen LogP contribution in [-0.2, 0) is 11.8 Å². The number of carbonyl (C=O) groups excluding carboxylic acids is 1. The molecule has 0 bridgehead atoms. The largest absolute Gasteiger partial charge is 0.504 e. The summed E-state index contributed by atoms with van der Waals surface area (Å²) in [4.78, 5) is 32.5. The van der Waals surface area contributed by atoms with E-state index in [4.69, 9.17) is 9.90 Å². The maximum absolute atomic E-state index is 14.7. The summed E-state index contributed by atoms with van der Waals surface area (Å²) >= 11 is 0. The zero-order chi connectivity index (χ0) is 27.8. The maximum Gasteiger partial charge on any atom is 0.490 e. The number of aliphatic carboxylic acids is 1. The third-order valence-electron chi connectivity index (χ3n) is 5.81. The number of carboxylic acid groups (broad SMARTS) is 1. The molecule has 38 heavy (non-hydrogen) atoms. The molecule has 1 saturated heterocycles. The zero-order valence-corrected chi connectivity index (χ0v) is 20.2. The molecule has 1 aliphatic heterocycles. The van der Waals surface area contributed by atoms with Gasteiger partial charge in [0.25, 0.3) is 0 Å². The van der Waals surface area contributed by atoms with Gasteiger partial charge in [-0.2, -0.15) is 18.3 Å². The van der Waals surface area contributed by atoms with Crippen LogP contribution in [0.3, 0.4) is 0 Å². The molecule has 4 aromatic rings. The van der Waals surface area contributed by atoms with Crippen LogP contribution in [0.2, 0.25) is 0 Å². The van der Waals surface area contributed by atoms with E-state index in [0.717, 1.165) is 31.9 Å². The molecule has 2 aromatic heterocycles. The average molecular weight is 534 g/mol. The number of halogens is 4. The van der Waals surface area contributed by atoms with E-state index in [-0.39, 0.29) is 28.4 Å². The molecule has 2 aromatic carbocycles. The lowest BCUT2D eigenvalue weighted by Crippen LogP contribution is -2.43. The number of hydrogen-bond acceptors (Lipinski definition) is 8. The van der Waals surface area contributed by atoms with Crippen LogP contribution in [0.4, 0.5) is 23.2 Å². The number of benzene rings is 2. The van der Waals surface area contributed by atoms with Crippen molar-refractivity contribution in [3.63, 3.8) is 0 Å². The monoisotopic (exact) mass is 534 g/mol. The first-order valence-corrected chi connectivity index (χ1v) is 11.3. The van der Waals surface area contributed by atoms with Gasteiger partial charge in [-0.3, -0.25) is 9.48 Å². The van der Waals surface area contributed by atoms with Crippen molar-refractivity contribution < 1.29 is 37.4 Å². The number of carbonyl (C=O) groups is 2. The fourth-order valence-electron chi connectivity index (χ4n) is 4.03. The molecule has 1 fully saturated rings. The predicted molar refractivity (Wildman–Crippen MR) is 130 cm³/mol. The van der Waals surface area contributed by atoms with Gasteiger partial charge in [0, 0.05) is 62.8 Å². The summed E-state index contributed by atoms with van der Waals surface area (Å²) in [6, 6.07) is 7.30. The van der Waals surface area contributed by atoms with E-state index in [2.05, 4.69) is 25.3 Å². The van der Waals surface area contributed by atoms with Gasteiger partial charge >= 0.3 is 12.1 Å². The molecule has 0 atom stereocenters. The third kappa shape index (κ3) is 5.34. The number of rotatable bonds is 3. The standard InChI is InChI=1S/C22H21FN6O2.C2HF3O2/c1-12(30)19-15-10-14(29-7-5-24-6-8-29)3-4-17(15)25-22(26-19)16-9-13-11-28(2)27-20(13)18(23)21(16)31;3-2(4,5)1(6)7/h3-4,9-11,24,31H,5-8H2,1-2H3;(H,6,7). The Balaban J connectivity index is 0.000000426. The molecule has 5 rings (SSSR count). The van der Waals surface area contributed by atoms with Crippen LogP contribution in [-0.4, -0.2) is 74.1 Å². The Morgan fingerprint density at radius 2 is 1.76 bits per heavy atom. The lowest BCUT2D eigenvalue weighted by atomic mass is 10.1. The Kier molecular flexibility index (Phi) is 7.18. The molecule has 0 unspecified atom stereocenters. The highest BCUT2D eigenvalue weighted by molar-refractivity contribution is 6.06. The van der Waals surface area contributed by atoms with Gasteiger partial charge in [0.1, 0.15) is 11.2 Å². The van der Waals surface area contributed by atoms with Crippen molar-refractivity contribution in [2.45, 2.75) is 13.1 Å². The van der Waals surface area contributed by atoms with Gasteiger partial charge in [0.05, 0.1) is 11.1 Å². The number of fused-ring (bicyclic) bond motifs is 2. The second kappa shape index (κ2) is 10.2. The number of nitrogens with one attached hydrogen (secondary N) is 1. The van der Waals surface area contributed by atoms with Gasteiger partial charge in [-0.25, -0.2) is 19.2 Å². The van der Waals surface area contributed by atoms with Crippen LogP contribution in [0.25, 0.3) is 33.2 Å². The van der Waals surface area contributed by atoms with Gasteiger partial charge < -0.3 is 20.4 Å². The summed E-state index contributed by atoms with van der Waals surface area (Å²) in [5.74, 6) is -4.32. The molecule has 200 valence electrons. The highest BCUT2D eigenvalue weighted by atomic mass is 19.4. The summed E-state index contributed by atoms with van der Waals surface area (Å²) < 4.78 is 47.9. The van der Waals surface area contributed by atoms with Gasteiger partial charge in [0.15, 0.2) is 23.2 Å². The Morgan fingerprint density at radius 1 is 1.11 bits per heavy atom. The SMILES string of the molecule is CC(=O)c1nc(-c2cc3cn(C)nc3c(F)c2O)nc2ccc(N3CCNCC3)cc12.O=C(O)C(F)(F)F. The average Bonchev–Trinajstić information content (AvgIpc) is 3.26. The number of alkyl halides is 3. The maximum atomic E-state index is 14.7. The minimum Gasteiger partial charge on any atom is -0.504 e. The highest BCUT2D eigenvalue weighted by Crippen LogP contribution is 2.36. The lowest BCUT2D eigenvalue weighted by molar-refractivity contribution is -0.192. The van der Waals surface area contributed by atoms with Crippen LogP contribution in [0.5, 0.6) is 5.75 Å². The van der Waals surface area contributed by atoms with Crippen molar-refractivity contribution in [3.8, 4) is 17.1 Å². The Morgan fingerprint density at radius 3 is 2.37 bits per heavy atom. The van der Waals surface area contributed by atoms with Crippen molar-refractivity contribution in [2.75, 3.05) is 31.1 Å². The first-order valence-electron chi connectivity index (χ1n) is 11.3. The third-order valence-corrected chi connectivity index (χ3v) is 5.81. The number of carboxylic acids is 1. The van der Waals surface area contributed by atoms with Crippen molar-refractivity contribution in [3.05, 3.63) is 42.0 Å². The van der Waals surface area contributed by atoms with Gasteiger partial charge in [-0.1, -0.05) is 0 Å². The van der Waals surface area contributed by atoms with E-state index in [1.165, 1.54) is 11.6 Å². The summed E-state index contributed by atoms with van der Waals surface area (Å²) in [6.45, 7) is 4.98. The highest BCUT2D eigenvalue weighted by Gasteiger charge is 2.38. The number of anilines is 1. The number of aryl methyl sites for hydroxylation is 1. The van der Waals surface area contributed by atoms with Crippen LogP contribution in [0.1, 0.15) is 17.4 Å². The van der Waals surface area contributed by atoms with Crippen LogP contribution >= 0.6 is 0 Å². The summed E-state index contributed by atoms with van der Waals surface area (Å²) in [6.07, 6.45) is -3.44. The Labute approximate surface area is 212 Å². The van der Waals surface area contributed by atoms with Crippen molar-refractivity contribution >= 4 is 39.2 Å². The fourth-order valence-corrected chi connectivity index (χ4v) is 4.03. The second-order valence-corrected chi connectivity index (χ2v) is 8.52. The molecule has 3 N–H and O–H groups in total. The Hall–Kier alpha value is -4.33. The number of piperazine rings is 1. The van der Waals surface area contributed by atoms with Crippen LogP contribution in [0.15, 0.2) is 30.5 Å². The number of hydrogen-bond donors (Lipinski definition) is 3. The first-order chi connectivity index (χ1) is 17.9. The molecule has 14 heteroatoms. The van der Waals surface area contributed by atoms with E-state index in [1.807, 2.05) is 18.2 Å². The predicted octanol–water partition coefficient (Wildman–Crippen LogP) is 3.27. The molecule has 0 saturated carbocycles. The van der Waals surface area contributed by atoms with Crippen LogP contribution < -0.4 is 10.2 Å². The first kappa shape index (κ1) is 26.7. The van der Waals surface area contributed by atoms with Crippen molar-refractivity contribution in [2.24, 2.45) is 7.05 Å². The molecule has 1 aliphatic rings. The van der Waals surface area contributed by atoms with E-state index in [0.29, 0.717) is 16.3 Å². The number of Topliss-reactive ketones (excluding diaryl/α,β-unsaturated/α-hetero) is 1. The molecule has 3 heterocycles. The molecule has 0 spiro atoms. The normalized spacial score (nSPS) is 13.9. The topological polar surface area (TPSA) is 133 Å². The zero-order valence-electron chi connectivity index (χ0n) is 20.2. The van der Waals surface area contributed by atoms with Crippen molar-refractivity contribution in [1.82, 2.24) is 25.1 Å². The quantitative estimate of drug-likeness (QED) is 0.268. The molecule has 10 nitrogen and oxygen atoms in total. The second-order valence-electron chi connectivity index (χ2n) is 8.52. The fraction of sp³-hybridized carbons (Fsp3) is 0.292. The van der Waals surface area contributed by atoms with Crippen molar-refractivity contribution in [1.29, 1.82) is 0 Å². The molecule has 0 aliphatic carbocycles. The summed E-state index contributed by atoms with van der Waals surface area (Å²) in [7, 11) is 1.67. The minimum absolute atomic E-state index is 0.0667. The molecular weight excluding hydrogens is 512 g/mol. The molecule has 0 amide bonds. The summed E-state index contributed by atoms with van der Waals surface area (Å²) in [5, 5.41) is 26.1. The number of phenolic OH excluding ortho intramolecular Hbond substituents is 1. The van der Waals surface area contributed by atoms with E-state index in [1.54, 1.807) is 19.3 Å². The Bertz CT molecular complexity index is 1550. The number of ketones is 1. The number of phenols is 1. The molecule has 0 radical (unpaired) electrons. The van der Waals surface area contributed by atoms with E-state index >= 15 is 0 Å². The van der Waals surface area contributed by atoms with E-state index in [9.17, 15) is 27.5 Å². The van der Waals surface area contributed by atoms with Gasteiger partial charge in [0.2, 0.25) is 0 Å². The lowest BCUT2D eigenvalue weighted by Gasteiger charge is -2.29. The van der Waals surface area contributed by atoms with Gasteiger partial charge in [-0.05, 0) is 24.3 Å². The smallest absolute Gasteiger partial charge is 0.490 e. The van der Waals surface area contributed by atoms with Gasteiger partial charge in [-0.15, -0.1) is 0 Å². The van der Waals surface area contributed by atoms with E-state index < -0.39 is 23.7 Å². The minimum atomic E-state index is -5.08. The summed E-state index contributed by atoms with van der Waals surface area (Å²) in [5.41, 5.74) is 1.98. The van der Waals surface area contributed by atoms with Crippen LogP contribution in [0, 0.1) is 5.82 Å². The number of nitrogens with zero attached hydrogens (tertiary/aromatic N) is 5. The number of aromatic nitrogens is 4. The molecular formula is C24H22F4N6O4. The number of aromatic hydroxyl groups is 1.